The van der Waals surface area contributed by atoms with Gasteiger partial charge < -0.3 is 9.84 Å². The molecule has 0 aliphatic carbocycles. The minimum atomic E-state index is -1.24. The number of nitrogens with zero attached hydrogens (tertiary/aromatic N) is 2. The van der Waals surface area contributed by atoms with Gasteiger partial charge in [0.25, 0.3) is 0 Å². The predicted molar refractivity (Wildman–Crippen MR) is 73.2 cm³/mol. The van der Waals surface area contributed by atoms with Crippen molar-refractivity contribution < 1.29 is 9.84 Å². The summed E-state index contributed by atoms with van der Waals surface area (Å²) in [5, 5.41) is 10.8. The van der Waals surface area contributed by atoms with Crippen LogP contribution >= 0.6 is 0 Å². The summed E-state index contributed by atoms with van der Waals surface area (Å²) in [7, 11) is 1.52. The number of ether oxygens (including phenoxy) is 1. The largest absolute Gasteiger partial charge is 0.480 e. The quantitative estimate of drug-likeness (QED) is 0.918. The fourth-order valence-corrected chi connectivity index (χ4v) is 1.99. The Hall–Kier alpha value is -1.94. The molecule has 1 N–H and O–H groups in total. The Balaban J connectivity index is 2.54. The molecule has 1 heterocycles. The summed E-state index contributed by atoms with van der Waals surface area (Å²) in [6.45, 7) is 5.75. The monoisotopic (exact) mass is 258 g/mol. The molecule has 0 radical (unpaired) electrons. The van der Waals surface area contributed by atoms with Crippen molar-refractivity contribution in [2.24, 2.45) is 0 Å². The predicted octanol–water partition coefficient (Wildman–Crippen LogP) is 2.36. The Morgan fingerprint density at radius 1 is 1.11 bits per heavy atom. The summed E-state index contributed by atoms with van der Waals surface area (Å²) in [4.78, 5) is 8.30. The first kappa shape index (κ1) is 13.5. The van der Waals surface area contributed by atoms with E-state index < -0.39 is 5.60 Å². The molecule has 0 amide bonds. The number of hydrogen-bond acceptors (Lipinski definition) is 4. The first-order valence-corrected chi connectivity index (χ1v) is 6.12. The smallest absolute Gasteiger partial charge is 0.238 e. The van der Waals surface area contributed by atoms with Crippen LogP contribution in [0.4, 0.5) is 0 Å². The summed E-state index contributed by atoms with van der Waals surface area (Å²) >= 11 is 0. The molecule has 1 atom stereocenters. The van der Waals surface area contributed by atoms with Crippen LogP contribution in [0.3, 0.4) is 0 Å². The third-order valence-corrected chi connectivity index (χ3v) is 3.39. The lowest BCUT2D eigenvalue weighted by Crippen LogP contribution is -2.25. The van der Waals surface area contributed by atoms with Crippen LogP contribution in [0.25, 0.3) is 0 Å². The van der Waals surface area contributed by atoms with Gasteiger partial charge in [0.2, 0.25) is 5.88 Å². The Bertz CT molecular complexity index is 594. The van der Waals surface area contributed by atoms with Gasteiger partial charge in [-0.3, -0.25) is 4.98 Å². The Morgan fingerprint density at radius 2 is 1.79 bits per heavy atom. The fraction of sp³-hybridized carbons (Fsp3) is 0.333. The van der Waals surface area contributed by atoms with Gasteiger partial charge in [0, 0.05) is 12.4 Å². The first-order chi connectivity index (χ1) is 8.96. The summed E-state index contributed by atoms with van der Waals surface area (Å²) in [6.07, 6.45) is 3.09. The molecule has 4 heteroatoms. The molecule has 0 saturated heterocycles. The molecule has 0 aliphatic rings. The van der Waals surface area contributed by atoms with E-state index in [0.717, 1.165) is 11.1 Å². The number of aliphatic hydroxyl groups is 1. The molecule has 2 rings (SSSR count). The molecule has 1 aromatic heterocycles. The standard InChI is InChI=1S/C15H18N2O2/c1-10-5-6-12(9-11(10)2)15(3,18)13-14(19-4)17-8-7-16-13/h5-9,18H,1-4H3. The maximum atomic E-state index is 10.8. The van der Waals surface area contributed by atoms with Crippen LogP contribution in [0, 0.1) is 13.8 Å². The van der Waals surface area contributed by atoms with E-state index in [2.05, 4.69) is 9.97 Å². The van der Waals surface area contributed by atoms with Gasteiger partial charge in [0.1, 0.15) is 11.3 Å². The fourth-order valence-electron chi connectivity index (χ4n) is 1.99. The van der Waals surface area contributed by atoms with Crippen molar-refractivity contribution in [3.05, 3.63) is 53.0 Å². The minimum absolute atomic E-state index is 0.339. The molecule has 2 aromatic rings. The summed E-state index contributed by atoms with van der Waals surface area (Å²) < 4.78 is 5.17. The Labute approximate surface area is 113 Å². The van der Waals surface area contributed by atoms with E-state index in [1.54, 1.807) is 19.3 Å². The molecule has 0 fully saturated rings. The molecule has 4 nitrogen and oxygen atoms in total. The van der Waals surface area contributed by atoms with Crippen LogP contribution in [0.1, 0.15) is 29.3 Å². The first-order valence-electron chi connectivity index (χ1n) is 6.12. The second kappa shape index (κ2) is 4.97. The van der Waals surface area contributed by atoms with Gasteiger partial charge in [-0.15, -0.1) is 0 Å². The third kappa shape index (κ3) is 2.44. The zero-order valence-corrected chi connectivity index (χ0v) is 11.6. The third-order valence-electron chi connectivity index (χ3n) is 3.39. The van der Waals surface area contributed by atoms with E-state index in [4.69, 9.17) is 4.74 Å². The van der Waals surface area contributed by atoms with E-state index in [1.165, 1.54) is 12.7 Å². The SMILES string of the molecule is COc1nccnc1C(C)(O)c1ccc(C)c(C)c1. The minimum Gasteiger partial charge on any atom is -0.480 e. The highest BCUT2D eigenvalue weighted by Gasteiger charge is 2.31. The van der Waals surface area contributed by atoms with E-state index in [9.17, 15) is 5.11 Å². The highest BCUT2D eigenvalue weighted by Crippen LogP contribution is 2.33. The lowest BCUT2D eigenvalue weighted by Gasteiger charge is -2.25. The van der Waals surface area contributed by atoms with Gasteiger partial charge in [0.15, 0.2) is 0 Å². The zero-order chi connectivity index (χ0) is 14.0. The second-order valence-corrected chi connectivity index (χ2v) is 4.79. The molecule has 100 valence electrons. The average Bonchev–Trinajstić information content (AvgIpc) is 2.41. The van der Waals surface area contributed by atoms with Crippen LogP contribution in [0.15, 0.2) is 30.6 Å². The number of aryl methyl sites for hydroxylation is 2. The number of hydrogen-bond donors (Lipinski definition) is 1. The van der Waals surface area contributed by atoms with E-state index in [0.29, 0.717) is 11.6 Å². The van der Waals surface area contributed by atoms with E-state index >= 15 is 0 Å². The lowest BCUT2D eigenvalue weighted by molar-refractivity contribution is 0.0929. The summed E-state index contributed by atoms with van der Waals surface area (Å²) in [6, 6.07) is 5.85. The van der Waals surface area contributed by atoms with Crippen LogP contribution < -0.4 is 4.74 Å². The van der Waals surface area contributed by atoms with Gasteiger partial charge in [-0.25, -0.2) is 4.98 Å². The van der Waals surface area contributed by atoms with Gasteiger partial charge in [-0.1, -0.05) is 18.2 Å². The molecular weight excluding hydrogens is 240 g/mol. The van der Waals surface area contributed by atoms with Crippen LogP contribution in [0.2, 0.25) is 0 Å². The molecule has 1 unspecified atom stereocenters. The topological polar surface area (TPSA) is 55.2 Å². The molecule has 1 aromatic carbocycles. The van der Waals surface area contributed by atoms with E-state index in [1.807, 2.05) is 32.0 Å². The maximum Gasteiger partial charge on any atom is 0.238 e. The van der Waals surface area contributed by atoms with Crippen molar-refractivity contribution in [1.29, 1.82) is 0 Å². The van der Waals surface area contributed by atoms with Gasteiger partial charge in [0.05, 0.1) is 7.11 Å². The van der Waals surface area contributed by atoms with Gasteiger partial charge in [-0.05, 0) is 37.5 Å². The average molecular weight is 258 g/mol. The van der Waals surface area contributed by atoms with Crippen molar-refractivity contribution in [2.75, 3.05) is 7.11 Å². The Kier molecular flexibility index (Phi) is 3.53. The summed E-state index contributed by atoms with van der Waals surface area (Å²) in [5.74, 6) is 0.339. The molecule has 0 aliphatic heterocycles. The molecule has 0 bridgehead atoms. The van der Waals surface area contributed by atoms with Crippen LogP contribution in [-0.2, 0) is 5.60 Å². The summed E-state index contributed by atoms with van der Waals surface area (Å²) in [5.41, 5.74) is 2.26. The second-order valence-electron chi connectivity index (χ2n) is 4.79. The number of rotatable bonds is 3. The highest BCUT2D eigenvalue weighted by atomic mass is 16.5. The van der Waals surface area contributed by atoms with Crippen molar-refractivity contribution in [1.82, 2.24) is 9.97 Å². The van der Waals surface area contributed by atoms with Crippen molar-refractivity contribution >= 4 is 0 Å². The maximum absolute atomic E-state index is 10.8. The molecule has 0 saturated carbocycles. The molecule has 0 spiro atoms. The van der Waals surface area contributed by atoms with Gasteiger partial charge in [-0.2, -0.15) is 0 Å². The van der Waals surface area contributed by atoms with E-state index in [-0.39, 0.29) is 0 Å². The van der Waals surface area contributed by atoms with Crippen molar-refractivity contribution in [2.45, 2.75) is 26.4 Å². The lowest BCUT2D eigenvalue weighted by atomic mass is 9.90. The Morgan fingerprint density at radius 3 is 2.42 bits per heavy atom. The number of benzene rings is 1. The number of methoxy groups -OCH3 is 1. The van der Waals surface area contributed by atoms with Crippen molar-refractivity contribution in [3.63, 3.8) is 0 Å². The number of aromatic nitrogens is 2. The normalized spacial score (nSPS) is 13.9. The zero-order valence-electron chi connectivity index (χ0n) is 11.6. The molecule has 19 heavy (non-hydrogen) atoms. The van der Waals surface area contributed by atoms with Crippen LogP contribution in [0.5, 0.6) is 5.88 Å². The van der Waals surface area contributed by atoms with Crippen molar-refractivity contribution in [3.8, 4) is 5.88 Å². The molecular formula is C15H18N2O2. The van der Waals surface area contributed by atoms with Crippen LogP contribution in [-0.4, -0.2) is 22.2 Å². The van der Waals surface area contributed by atoms with Gasteiger partial charge >= 0.3 is 0 Å². The highest BCUT2D eigenvalue weighted by molar-refractivity contribution is 5.40.